The van der Waals surface area contributed by atoms with E-state index in [2.05, 4.69) is 54.6 Å². The van der Waals surface area contributed by atoms with Gasteiger partial charge in [-0.2, -0.15) is 0 Å². The van der Waals surface area contributed by atoms with Gasteiger partial charge in [-0.15, -0.1) is 0 Å². The number of Topliss-reactive ketones (excluding diaryl/α,β-unsaturated/α-hetero) is 1. The predicted molar refractivity (Wildman–Crippen MR) is 136 cm³/mol. The Kier molecular flexibility index (Phi) is 6.65. The topological polar surface area (TPSA) is 81.1 Å². The SMILES string of the molecule is CNCC(=O)Cc1cc(Oc2ccc3c(c2)nc(Nc2cccc(C(C)(C)C)c2)n3C)ccn1. The van der Waals surface area contributed by atoms with E-state index in [9.17, 15) is 4.79 Å². The summed E-state index contributed by atoms with van der Waals surface area (Å²) in [5.74, 6) is 2.14. The van der Waals surface area contributed by atoms with Gasteiger partial charge in [0.1, 0.15) is 11.5 Å². The van der Waals surface area contributed by atoms with Crippen LogP contribution in [-0.2, 0) is 23.7 Å². The van der Waals surface area contributed by atoms with E-state index in [1.165, 1.54) is 5.56 Å². The molecule has 0 bridgehead atoms. The van der Waals surface area contributed by atoms with Crippen molar-refractivity contribution in [2.45, 2.75) is 32.6 Å². The van der Waals surface area contributed by atoms with E-state index in [-0.39, 0.29) is 17.6 Å². The van der Waals surface area contributed by atoms with Crippen molar-refractivity contribution in [1.29, 1.82) is 0 Å². The number of likely N-dealkylation sites (N-methyl/N-ethyl adjacent to an activating group) is 1. The van der Waals surface area contributed by atoms with Gasteiger partial charge in [-0.3, -0.25) is 9.78 Å². The van der Waals surface area contributed by atoms with Crippen LogP contribution in [-0.4, -0.2) is 33.9 Å². The van der Waals surface area contributed by atoms with Crippen molar-refractivity contribution in [2.75, 3.05) is 18.9 Å². The average Bonchev–Trinajstić information content (AvgIpc) is 3.08. The van der Waals surface area contributed by atoms with Gasteiger partial charge in [0, 0.05) is 31.1 Å². The number of rotatable bonds is 8. The van der Waals surface area contributed by atoms with Gasteiger partial charge in [-0.05, 0) is 48.4 Å². The lowest BCUT2D eigenvalue weighted by Gasteiger charge is -2.20. The minimum absolute atomic E-state index is 0.0727. The summed E-state index contributed by atoms with van der Waals surface area (Å²) in [6.07, 6.45) is 1.92. The molecule has 0 aliphatic heterocycles. The van der Waals surface area contributed by atoms with Crippen LogP contribution in [0, 0.1) is 0 Å². The molecule has 2 N–H and O–H groups in total. The molecule has 0 atom stereocenters. The first-order valence-electron chi connectivity index (χ1n) is 11.4. The van der Waals surface area contributed by atoms with Gasteiger partial charge in [-0.1, -0.05) is 32.9 Å². The molecular formula is C27H31N5O2. The lowest BCUT2D eigenvalue weighted by molar-refractivity contribution is -0.117. The molecule has 34 heavy (non-hydrogen) atoms. The number of hydrogen-bond donors (Lipinski definition) is 2. The molecule has 0 fully saturated rings. The lowest BCUT2D eigenvalue weighted by atomic mass is 9.87. The molecule has 0 amide bonds. The van der Waals surface area contributed by atoms with E-state index >= 15 is 0 Å². The van der Waals surface area contributed by atoms with Crippen LogP contribution in [0.1, 0.15) is 32.0 Å². The minimum Gasteiger partial charge on any atom is -0.457 e. The molecule has 0 radical (unpaired) electrons. The van der Waals surface area contributed by atoms with E-state index in [1.54, 1.807) is 25.4 Å². The second kappa shape index (κ2) is 9.65. The second-order valence-electron chi connectivity index (χ2n) is 9.43. The highest BCUT2D eigenvalue weighted by Crippen LogP contribution is 2.30. The molecule has 7 nitrogen and oxygen atoms in total. The van der Waals surface area contributed by atoms with Gasteiger partial charge in [0.15, 0.2) is 5.78 Å². The van der Waals surface area contributed by atoms with Crippen LogP contribution in [0.5, 0.6) is 11.5 Å². The summed E-state index contributed by atoms with van der Waals surface area (Å²) in [7, 11) is 3.74. The fourth-order valence-corrected chi connectivity index (χ4v) is 3.76. The number of carbonyl (C=O) groups is 1. The zero-order valence-corrected chi connectivity index (χ0v) is 20.3. The number of pyridine rings is 1. The largest absolute Gasteiger partial charge is 0.457 e. The zero-order valence-electron chi connectivity index (χ0n) is 20.3. The Labute approximate surface area is 200 Å². The Hall–Kier alpha value is -3.71. The molecule has 0 saturated carbocycles. The third-order valence-electron chi connectivity index (χ3n) is 5.61. The van der Waals surface area contributed by atoms with Crippen LogP contribution in [0.25, 0.3) is 11.0 Å². The molecule has 4 rings (SSSR count). The summed E-state index contributed by atoms with van der Waals surface area (Å²) in [4.78, 5) is 21.0. The van der Waals surface area contributed by atoms with Gasteiger partial charge in [-0.25, -0.2) is 4.98 Å². The van der Waals surface area contributed by atoms with Crippen LogP contribution in [0.3, 0.4) is 0 Å². The molecule has 4 aromatic rings. The minimum atomic E-state index is 0.0727. The molecule has 0 spiro atoms. The Morgan fingerprint density at radius 3 is 2.62 bits per heavy atom. The van der Waals surface area contributed by atoms with Gasteiger partial charge in [0.05, 0.1) is 29.7 Å². The third kappa shape index (κ3) is 5.43. The average molecular weight is 458 g/mol. The van der Waals surface area contributed by atoms with E-state index in [1.807, 2.05) is 35.9 Å². The van der Waals surface area contributed by atoms with Crippen LogP contribution < -0.4 is 15.4 Å². The smallest absolute Gasteiger partial charge is 0.208 e. The molecule has 0 aliphatic rings. The molecule has 2 aromatic heterocycles. The Bertz CT molecular complexity index is 1320. The number of imidazole rings is 1. The number of carbonyl (C=O) groups excluding carboxylic acids is 1. The number of hydrogen-bond acceptors (Lipinski definition) is 6. The van der Waals surface area contributed by atoms with Gasteiger partial charge < -0.3 is 19.9 Å². The van der Waals surface area contributed by atoms with Crippen LogP contribution in [0.4, 0.5) is 11.6 Å². The monoisotopic (exact) mass is 457 g/mol. The molecule has 0 saturated heterocycles. The van der Waals surface area contributed by atoms with Crippen molar-refractivity contribution in [2.24, 2.45) is 7.05 Å². The number of nitrogens with one attached hydrogen (secondary N) is 2. The molecule has 0 unspecified atom stereocenters. The predicted octanol–water partition coefficient (Wildman–Crippen LogP) is 5.13. The fourth-order valence-electron chi connectivity index (χ4n) is 3.76. The standard InChI is InChI=1S/C27H31N5O2/c1-27(2,3)18-7-6-8-19(13-18)30-26-31-24-16-22(9-10-25(24)32(26)5)34-23-11-12-29-20(15-23)14-21(33)17-28-4/h6-13,15-16,28H,14,17H2,1-5H3,(H,30,31). The highest BCUT2D eigenvalue weighted by Gasteiger charge is 2.15. The van der Waals surface area contributed by atoms with Crippen LogP contribution >= 0.6 is 0 Å². The first kappa shape index (κ1) is 23.4. The summed E-state index contributed by atoms with van der Waals surface area (Å²) < 4.78 is 8.08. The van der Waals surface area contributed by atoms with Gasteiger partial charge in [0.25, 0.3) is 0 Å². The Balaban J connectivity index is 1.54. The van der Waals surface area contributed by atoms with Crippen molar-refractivity contribution in [1.82, 2.24) is 19.9 Å². The third-order valence-corrected chi connectivity index (χ3v) is 5.61. The van der Waals surface area contributed by atoms with Crippen LogP contribution in [0.2, 0.25) is 0 Å². The van der Waals surface area contributed by atoms with Gasteiger partial charge in [0.2, 0.25) is 5.95 Å². The summed E-state index contributed by atoms with van der Waals surface area (Å²) in [5, 5.41) is 6.31. The molecule has 176 valence electrons. The number of fused-ring (bicyclic) bond motifs is 1. The molecule has 0 aliphatic carbocycles. The zero-order chi connectivity index (χ0) is 24.3. The number of benzene rings is 2. The number of ether oxygens (including phenoxy) is 1. The van der Waals surface area contributed by atoms with Gasteiger partial charge >= 0.3 is 0 Å². The van der Waals surface area contributed by atoms with E-state index in [4.69, 9.17) is 9.72 Å². The molecule has 7 heteroatoms. The number of ketones is 1. The van der Waals surface area contributed by atoms with E-state index in [0.717, 1.165) is 22.7 Å². The van der Waals surface area contributed by atoms with Crippen molar-refractivity contribution >= 4 is 28.5 Å². The Morgan fingerprint density at radius 2 is 1.85 bits per heavy atom. The van der Waals surface area contributed by atoms with E-state index in [0.29, 0.717) is 23.7 Å². The number of anilines is 2. The van der Waals surface area contributed by atoms with Crippen molar-refractivity contribution < 1.29 is 9.53 Å². The molecule has 2 aromatic carbocycles. The van der Waals surface area contributed by atoms with Crippen molar-refractivity contribution in [3.63, 3.8) is 0 Å². The maximum atomic E-state index is 11.9. The maximum absolute atomic E-state index is 11.9. The maximum Gasteiger partial charge on any atom is 0.208 e. The molecule has 2 heterocycles. The number of aryl methyl sites for hydroxylation is 1. The summed E-state index contributed by atoms with van der Waals surface area (Å²) in [5.41, 5.74) is 4.84. The van der Waals surface area contributed by atoms with E-state index < -0.39 is 0 Å². The first-order chi connectivity index (χ1) is 16.2. The number of aromatic nitrogens is 3. The fraction of sp³-hybridized carbons (Fsp3) is 0.296. The quantitative estimate of drug-likeness (QED) is 0.382. The summed E-state index contributed by atoms with van der Waals surface area (Å²) >= 11 is 0. The summed E-state index contributed by atoms with van der Waals surface area (Å²) in [6.45, 7) is 6.93. The van der Waals surface area contributed by atoms with Crippen molar-refractivity contribution in [3.05, 3.63) is 72.1 Å². The Morgan fingerprint density at radius 1 is 1.06 bits per heavy atom. The highest BCUT2D eigenvalue weighted by molar-refractivity contribution is 5.82. The van der Waals surface area contributed by atoms with Crippen molar-refractivity contribution in [3.8, 4) is 11.5 Å². The van der Waals surface area contributed by atoms with Crippen LogP contribution in [0.15, 0.2) is 60.8 Å². The lowest BCUT2D eigenvalue weighted by Crippen LogP contribution is -2.20. The second-order valence-corrected chi connectivity index (χ2v) is 9.43. The first-order valence-corrected chi connectivity index (χ1v) is 11.4. The molecular weight excluding hydrogens is 426 g/mol. The number of nitrogens with zero attached hydrogens (tertiary/aromatic N) is 3. The highest BCUT2D eigenvalue weighted by atomic mass is 16.5. The normalized spacial score (nSPS) is 11.6. The summed E-state index contributed by atoms with van der Waals surface area (Å²) in [6, 6.07) is 17.8.